The van der Waals surface area contributed by atoms with Crippen LogP contribution in [0.5, 0.6) is 0 Å². The summed E-state index contributed by atoms with van der Waals surface area (Å²) >= 11 is 6.00. The van der Waals surface area contributed by atoms with Crippen molar-refractivity contribution in [2.75, 3.05) is 6.54 Å². The lowest BCUT2D eigenvalue weighted by Crippen LogP contribution is -2.50. The quantitative estimate of drug-likeness (QED) is 0.591. The van der Waals surface area contributed by atoms with Gasteiger partial charge in [-0.2, -0.15) is 0 Å². The number of urea groups is 1. The fourth-order valence-electron chi connectivity index (χ4n) is 3.01. The van der Waals surface area contributed by atoms with Crippen molar-refractivity contribution in [3.05, 3.63) is 39.4 Å². The lowest BCUT2D eigenvalue weighted by atomic mass is 10.1. The molecule has 1 unspecified atom stereocenters. The number of rotatable bonds is 9. The van der Waals surface area contributed by atoms with Gasteiger partial charge in [-0.3, -0.25) is 9.59 Å². The van der Waals surface area contributed by atoms with Gasteiger partial charge in [0.25, 0.3) is 5.56 Å². The summed E-state index contributed by atoms with van der Waals surface area (Å²) in [6.45, 7) is 4.52. The molecule has 0 fully saturated rings. The van der Waals surface area contributed by atoms with E-state index in [0.29, 0.717) is 41.1 Å². The van der Waals surface area contributed by atoms with Crippen LogP contribution in [0.3, 0.4) is 0 Å². The van der Waals surface area contributed by atoms with E-state index in [2.05, 4.69) is 15.3 Å². The number of primary amides is 1. The molecule has 3 amide bonds. The van der Waals surface area contributed by atoms with E-state index in [1.54, 1.807) is 23.1 Å². The second kappa shape index (κ2) is 10.1. The molecule has 0 bridgehead atoms. The Morgan fingerprint density at radius 3 is 2.71 bits per heavy atom. The predicted octanol–water partition coefficient (Wildman–Crippen LogP) is 2.54. The molecule has 28 heavy (non-hydrogen) atoms. The second-order valence-electron chi connectivity index (χ2n) is 6.64. The molecule has 1 aromatic heterocycles. The van der Waals surface area contributed by atoms with Gasteiger partial charge in [0.2, 0.25) is 5.91 Å². The van der Waals surface area contributed by atoms with Crippen LogP contribution in [0, 0.1) is 0 Å². The number of aromatic nitrogens is 2. The third-order valence-electron chi connectivity index (χ3n) is 4.32. The van der Waals surface area contributed by atoms with Crippen LogP contribution in [-0.2, 0) is 11.3 Å². The van der Waals surface area contributed by atoms with Crippen LogP contribution in [-0.4, -0.2) is 39.4 Å². The summed E-state index contributed by atoms with van der Waals surface area (Å²) < 4.78 is 0. The van der Waals surface area contributed by atoms with Crippen LogP contribution in [0.15, 0.2) is 23.0 Å². The number of carbonyl (C=O) groups excluding carboxylic acids is 2. The minimum absolute atomic E-state index is 0.118. The average Bonchev–Trinajstić information content (AvgIpc) is 2.63. The lowest BCUT2D eigenvalue weighted by molar-refractivity contribution is -0.134. The highest BCUT2D eigenvalue weighted by Crippen LogP contribution is 2.15. The van der Waals surface area contributed by atoms with E-state index < -0.39 is 12.1 Å². The molecular weight excluding hydrogens is 382 g/mol. The normalized spacial score (nSPS) is 12.0. The standard InChI is InChI=1S/C19H26ClN5O3/c1-3-5-6-14(23-19(21)28)18(27)25(9-4-2)11-16-22-15-10-12(20)7-8-13(15)17(26)24-16/h7-8,10,14H,3-6,9,11H2,1-2H3,(H3,21,23,28)(H,22,24,26). The van der Waals surface area contributed by atoms with Crippen LogP contribution in [0.4, 0.5) is 4.79 Å². The van der Waals surface area contributed by atoms with Gasteiger partial charge in [0.15, 0.2) is 0 Å². The summed E-state index contributed by atoms with van der Waals surface area (Å²) in [5.41, 5.74) is 5.41. The third-order valence-corrected chi connectivity index (χ3v) is 4.56. The number of fused-ring (bicyclic) bond motifs is 1. The SMILES string of the molecule is CCCCC(NC(N)=O)C(=O)N(CCC)Cc1nc2cc(Cl)ccc2c(=O)[nH]1. The molecule has 1 heterocycles. The van der Waals surface area contributed by atoms with Crippen molar-refractivity contribution in [2.45, 2.75) is 52.1 Å². The Hall–Kier alpha value is -2.61. The molecule has 1 aromatic carbocycles. The minimum Gasteiger partial charge on any atom is -0.352 e. The van der Waals surface area contributed by atoms with Gasteiger partial charge in [-0.25, -0.2) is 9.78 Å². The molecule has 152 valence electrons. The van der Waals surface area contributed by atoms with Gasteiger partial charge in [-0.1, -0.05) is 38.3 Å². The average molecular weight is 408 g/mol. The van der Waals surface area contributed by atoms with E-state index in [-0.39, 0.29) is 18.0 Å². The molecule has 0 saturated carbocycles. The van der Waals surface area contributed by atoms with Gasteiger partial charge in [0.05, 0.1) is 17.4 Å². The zero-order chi connectivity index (χ0) is 20.7. The van der Waals surface area contributed by atoms with E-state index >= 15 is 0 Å². The molecule has 0 aliphatic carbocycles. The number of carbonyl (C=O) groups is 2. The molecule has 0 aliphatic rings. The van der Waals surface area contributed by atoms with Crippen molar-refractivity contribution in [1.29, 1.82) is 0 Å². The number of amides is 3. The van der Waals surface area contributed by atoms with Crippen molar-refractivity contribution < 1.29 is 9.59 Å². The summed E-state index contributed by atoms with van der Waals surface area (Å²) in [6, 6.07) is 3.41. The first-order chi connectivity index (χ1) is 13.3. The third kappa shape index (κ3) is 5.69. The Labute approximate surface area is 168 Å². The number of unbranched alkanes of at least 4 members (excludes halogenated alkanes) is 1. The van der Waals surface area contributed by atoms with Gasteiger partial charge in [0.1, 0.15) is 11.9 Å². The molecule has 0 spiro atoms. The maximum Gasteiger partial charge on any atom is 0.312 e. The smallest absolute Gasteiger partial charge is 0.312 e. The summed E-state index contributed by atoms with van der Waals surface area (Å²) in [7, 11) is 0. The predicted molar refractivity (Wildman–Crippen MR) is 109 cm³/mol. The maximum absolute atomic E-state index is 13.0. The zero-order valence-corrected chi connectivity index (χ0v) is 16.9. The van der Waals surface area contributed by atoms with E-state index in [4.69, 9.17) is 17.3 Å². The van der Waals surface area contributed by atoms with Gasteiger partial charge in [0, 0.05) is 11.6 Å². The number of benzene rings is 1. The van der Waals surface area contributed by atoms with Crippen LogP contribution in [0.2, 0.25) is 5.02 Å². The van der Waals surface area contributed by atoms with Crippen LogP contribution in [0.1, 0.15) is 45.4 Å². The van der Waals surface area contributed by atoms with Gasteiger partial charge >= 0.3 is 6.03 Å². The van der Waals surface area contributed by atoms with Crippen molar-refractivity contribution in [2.24, 2.45) is 5.73 Å². The first-order valence-electron chi connectivity index (χ1n) is 9.38. The van der Waals surface area contributed by atoms with Crippen LogP contribution >= 0.6 is 11.6 Å². The first-order valence-corrected chi connectivity index (χ1v) is 9.76. The van der Waals surface area contributed by atoms with Crippen LogP contribution < -0.4 is 16.6 Å². The number of nitrogens with zero attached hydrogens (tertiary/aromatic N) is 2. The van der Waals surface area contributed by atoms with Crippen LogP contribution in [0.25, 0.3) is 10.9 Å². The zero-order valence-electron chi connectivity index (χ0n) is 16.1. The molecule has 8 nitrogen and oxygen atoms in total. The summed E-state index contributed by atoms with van der Waals surface area (Å²) in [5.74, 6) is 0.109. The lowest BCUT2D eigenvalue weighted by Gasteiger charge is -2.27. The summed E-state index contributed by atoms with van der Waals surface area (Å²) in [6.07, 6.45) is 2.88. The number of nitrogens with two attached hydrogens (primary N) is 1. The Kier molecular flexibility index (Phi) is 7.80. The number of halogens is 1. The van der Waals surface area contributed by atoms with Gasteiger partial charge < -0.3 is 20.9 Å². The Morgan fingerprint density at radius 1 is 1.32 bits per heavy atom. The molecule has 0 radical (unpaired) electrons. The summed E-state index contributed by atoms with van der Waals surface area (Å²) in [4.78, 5) is 45.4. The van der Waals surface area contributed by atoms with E-state index in [1.165, 1.54) is 0 Å². The fourth-order valence-corrected chi connectivity index (χ4v) is 3.18. The molecule has 4 N–H and O–H groups in total. The van der Waals surface area contributed by atoms with Gasteiger partial charge in [-0.05, 0) is 31.0 Å². The molecule has 0 aliphatic heterocycles. The van der Waals surface area contributed by atoms with E-state index in [1.807, 2.05) is 13.8 Å². The molecule has 9 heteroatoms. The number of hydrogen-bond donors (Lipinski definition) is 3. The van der Waals surface area contributed by atoms with Crippen molar-refractivity contribution >= 4 is 34.4 Å². The number of aromatic amines is 1. The van der Waals surface area contributed by atoms with Crippen molar-refractivity contribution in [3.8, 4) is 0 Å². The first kappa shape index (κ1) is 21.7. The Morgan fingerprint density at radius 2 is 2.07 bits per heavy atom. The fraction of sp³-hybridized carbons (Fsp3) is 0.474. The van der Waals surface area contributed by atoms with Crippen molar-refractivity contribution in [1.82, 2.24) is 20.2 Å². The van der Waals surface area contributed by atoms with E-state index in [0.717, 1.165) is 12.8 Å². The number of H-pyrrole nitrogens is 1. The largest absolute Gasteiger partial charge is 0.352 e. The Bertz CT molecular complexity index is 899. The molecule has 2 rings (SSSR count). The maximum atomic E-state index is 13.0. The highest BCUT2D eigenvalue weighted by Gasteiger charge is 2.25. The highest BCUT2D eigenvalue weighted by atomic mass is 35.5. The molecular formula is C19H26ClN5O3. The second-order valence-corrected chi connectivity index (χ2v) is 7.07. The van der Waals surface area contributed by atoms with Crippen molar-refractivity contribution in [3.63, 3.8) is 0 Å². The van der Waals surface area contributed by atoms with E-state index in [9.17, 15) is 14.4 Å². The molecule has 1 atom stereocenters. The molecule has 0 saturated heterocycles. The summed E-state index contributed by atoms with van der Waals surface area (Å²) in [5, 5.41) is 3.43. The number of hydrogen-bond acceptors (Lipinski definition) is 4. The number of nitrogens with one attached hydrogen (secondary N) is 2. The topological polar surface area (TPSA) is 121 Å². The Balaban J connectivity index is 2.29. The highest BCUT2D eigenvalue weighted by molar-refractivity contribution is 6.31. The van der Waals surface area contributed by atoms with Gasteiger partial charge in [-0.15, -0.1) is 0 Å². The molecule has 2 aromatic rings. The minimum atomic E-state index is -0.738. The monoisotopic (exact) mass is 407 g/mol.